The Balaban J connectivity index is 2.21. The van der Waals surface area contributed by atoms with Gasteiger partial charge in [-0.1, -0.05) is 13.8 Å². The van der Waals surface area contributed by atoms with Gasteiger partial charge in [0.25, 0.3) is 0 Å². The van der Waals surface area contributed by atoms with Gasteiger partial charge in [0, 0.05) is 36.7 Å². The average Bonchev–Trinajstić information content (AvgIpc) is 2.38. The highest BCUT2D eigenvalue weighted by Crippen LogP contribution is 2.25. The Morgan fingerprint density at radius 3 is 2.68 bits per heavy atom. The van der Waals surface area contributed by atoms with Gasteiger partial charge in [-0.25, -0.2) is 9.97 Å². The molecule has 1 fully saturated rings. The zero-order chi connectivity index (χ0) is 14.0. The van der Waals surface area contributed by atoms with Gasteiger partial charge in [-0.3, -0.25) is 0 Å². The average molecular weight is 263 g/mol. The molecule has 1 aliphatic rings. The first-order chi connectivity index (χ1) is 8.97. The van der Waals surface area contributed by atoms with Crippen LogP contribution < -0.4 is 4.90 Å². The van der Waals surface area contributed by atoms with Crippen LogP contribution in [-0.4, -0.2) is 34.3 Å². The van der Waals surface area contributed by atoms with Crippen molar-refractivity contribution in [3.05, 3.63) is 17.6 Å². The first kappa shape index (κ1) is 14.3. The van der Waals surface area contributed by atoms with Crippen molar-refractivity contribution >= 4 is 5.82 Å². The maximum atomic E-state index is 9.78. The molecular weight excluding hydrogens is 238 g/mol. The third kappa shape index (κ3) is 3.44. The Bertz CT molecular complexity index is 431. The molecule has 0 saturated carbocycles. The summed E-state index contributed by atoms with van der Waals surface area (Å²) in [5.74, 6) is 2.62. The number of hydrogen-bond acceptors (Lipinski definition) is 4. The number of aliphatic hydroxyl groups is 1. The van der Waals surface area contributed by atoms with Crippen LogP contribution in [0.3, 0.4) is 0 Å². The van der Waals surface area contributed by atoms with E-state index in [4.69, 9.17) is 0 Å². The smallest absolute Gasteiger partial charge is 0.133 e. The van der Waals surface area contributed by atoms with Crippen molar-refractivity contribution < 1.29 is 5.11 Å². The third-order valence-electron chi connectivity index (χ3n) is 3.84. The molecule has 19 heavy (non-hydrogen) atoms. The van der Waals surface area contributed by atoms with Crippen LogP contribution in [0.1, 0.15) is 51.0 Å². The number of nitrogens with zero attached hydrogens (tertiary/aromatic N) is 3. The van der Waals surface area contributed by atoms with Gasteiger partial charge in [-0.15, -0.1) is 0 Å². The molecule has 0 spiro atoms. The van der Waals surface area contributed by atoms with Gasteiger partial charge in [0.2, 0.25) is 0 Å². The molecule has 106 valence electrons. The molecular formula is C15H25N3O. The number of hydrogen-bond donors (Lipinski definition) is 1. The van der Waals surface area contributed by atoms with Crippen LogP contribution in [0.5, 0.6) is 0 Å². The van der Waals surface area contributed by atoms with Gasteiger partial charge >= 0.3 is 0 Å². The van der Waals surface area contributed by atoms with E-state index in [2.05, 4.69) is 34.8 Å². The third-order valence-corrected chi connectivity index (χ3v) is 3.84. The van der Waals surface area contributed by atoms with E-state index in [1.165, 1.54) is 0 Å². The molecule has 0 bridgehead atoms. The zero-order valence-corrected chi connectivity index (χ0v) is 12.4. The number of aromatic nitrogens is 2. The van der Waals surface area contributed by atoms with Gasteiger partial charge in [0.15, 0.2) is 0 Å². The van der Waals surface area contributed by atoms with Crippen LogP contribution in [0, 0.1) is 12.8 Å². The zero-order valence-electron chi connectivity index (χ0n) is 12.4. The molecule has 1 aromatic heterocycles. The topological polar surface area (TPSA) is 49.2 Å². The number of rotatable bonds is 3. The second-order valence-corrected chi connectivity index (χ2v) is 5.97. The standard InChI is InChI=1S/C15H25N3O/c1-10(2)15-16-11(3)8-14(17-15)18-7-5-6-13(9-18)12(4)19/h8,10,12-13,19H,5-7,9H2,1-4H3. The van der Waals surface area contributed by atoms with Crippen molar-refractivity contribution in [2.45, 2.75) is 52.6 Å². The van der Waals surface area contributed by atoms with Crippen molar-refractivity contribution in [3.8, 4) is 0 Å². The lowest BCUT2D eigenvalue weighted by Crippen LogP contribution is -2.40. The van der Waals surface area contributed by atoms with Crippen molar-refractivity contribution in [2.75, 3.05) is 18.0 Å². The summed E-state index contributed by atoms with van der Waals surface area (Å²) < 4.78 is 0. The van der Waals surface area contributed by atoms with E-state index in [0.29, 0.717) is 11.8 Å². The van der Waals surface area contributed by atoms with E-state index in [1.54, 1.807) is 0 Å². The Hall–Kier alpha value is -1.16. The number of aliphatic hydroxyl groups excluding tert-OH is 1. The Morgan fingerprint density at radius 2 is 2.05 bits per heavy atom. The molecule has 1 aliphatic heterocycles. The fourth-order valence-electron chi connectivity index (χ4n) is 2.61. The second kappa shape index (κ2) is 5.87. The summed E-state index contributed by atoms with van der Waals surface area (Å²) in [4.78, 5) is 11.5. The summed E-state index contributed by atoms with van der Waals surface area (Å²) in [6.45, 7) is 10.1. The Morgan fingerprint density at radius 1 is 1.32 bits per heavy atom. The monoisotopic (exact) mass is 263 g/mol. The lowest BCUT2D eigenvalue weighted by molar-refractivity contribution is 0.115. The van der Waals surface area contributed by atoms with E-state index in [1.807, 2.05) is 13.8 Å². The molecule has 4 nitrogen and oxygen atoms in total. The molecule has 1 saturated heterocycles. The molecule has 0 radical (unpaired) electrons. The van der Waals surface area contributed by atoms with Gasteiger partial charge in [0.05, 0.1) is 6.10 Å². The van der Waals surface area contributed by atoms with Crippen LogP contribution in [0.15, 0.2) is 6.07 Å². The fourth-order valence-corrected chi connectivity index (χ4v) is 2.61. The predicted molar refractivity (Wildman–Crippen MR) is 77.5 cm³/mol. The minimum atomic E-state index is -0.240. The lowest BCUT2D eigenvalue weighted by atomic mass is 9.93. The molecule has 0 amide bonds. The maximum absolute atomic E-state index is 9.78. The van der Waals surface area contributed by atoms with E-state index >= 15 is 0 Å². The molecule has 2 atom stereocenters. The molecule has 1 N–H and O–H groups in total. The quantitative estimate of drug-likeness (QED) is 0.910. The minimum Gasteiger partial charge on any atom is -0.393 e. The van der Waals surface area contributed by atoms with E-state index in [-0.39, 0.29) is 6.10 Å². The van der Waals surface area contributed by atoms with Crippen molar-refractivity contribution in [3.63, 3.8) is 0 Å². The largest absolute Gasteiger partial charge is 0.393 e. The van der Waals surface area contributed by atoms with E-state index in [9.17, 15) is 5.11 Å². The summed E-state index contributed by atoms with van der Waals surface area (Å²) in [6.07, 6.45) is 1.99. The van der Waals surface area contributed by atoms with Crippen LogP contribution in [-0.2, 0) is 0 Å². The van der Waals surface area contributed by atoms with Crippen molar-refractivity contribution in [1.29, 1.82) is 0 Å². The van der Waals surface area contributed by atoms with Gasteiger partial charge in [-0.2, -0.15) is 0 Å². The molecule has 2 heterocycles. The lowest BCUT2D eigenvalue weighted by Gasteiger charge is -2.35. The van der Waals surface area contributed by atoms with Gasteiger partial charge in [-0.05, 0) is 26.7 Å². The van der Waals surface area contributed by atoms with Crippen molar-refractivity contribution in [1.82, 2.24) is 9.97 Å². The highest BCUT2D eigenvalue weighted by molar-refractivity contribution is 5.40. The minimum absolute atomic E-state index is 0.240. The first-order valence-electron chi connectivity index (χ1n) is 7.26. The van der Waals surface area contributed by atoms with E-state index in [0.717, 1.165) is 43.3 Å². The summed E-state index contributed by atoms with van der Waals surface area (Å²) in [7, 11) is 0. The van der Waals surface area contributed by atoms with Crippen molar-refractivity contribution in [2.24, 2.45) is 5.92 Å². The Kier molecular flexibility index (Phi) is 4.40. The maximum Gasteiger partial charge on any atom is 0.133 e. The summed E-state index contributed by atoms with van der Waals surface area (Å²) >= 11 is 0. The van der Waals surface area contributed by atoms with Crippen LogP contribution in [0.25, 0.3) is 0 Å². The number of aryl methyl sites for hydroxylation is 1. The van der Waals surface area contributed by atoms with Crippen LogP contribution in [0.2, 0.25) is 0 Å². The highest BCUT2D eigenvalue weighted by Gasteiger charge is 2.24. The van der Waals surface area contributed by atoms with Gasteiger partial charge < -0.3 is 10.0 Å². The van der Waals surface area contributed by atoms with Crippen LogP contribution >= 0.6 is 0 Å². The summed E-state index contributed by atoms with van der Waals surface area (Å²) in [5.41, 5.74) is 1.02. The second-order valence-electron chi connectivity index (χ2n) is 5.97. The molecule has 4 heteroatoms. The first-order valence-corrected chi connectivity index (χ1v) is 7.26. The SMILES string of the molecule is Cc1cc(N2CCCC(C(C)O)C2)nc(C(C)C)n1. The molecule has 2 unspecified atom stereocenters. The molecule has 2 rings (SSSR count). The number of anilines is 1. The fraction of sp³-hybridized carbons (Fsp3) is 0.733. The highest BCUT2D eigenvalue weighted by atomic mass is 16.3. The van der Waals surface area contributed by atoms with Gasteiger partial charge in [0.1, 0.15) is 11.6 Å². The summed E-state index contributed by atoms with van der Waals surface area (Å²) in [5, 5.41) is 9.78. The Labute approximate surface area is 115 Å². The summed E-state index contributed by atoms with van der Waals surface area (Å²) in [6, 6.07) is 2.05. The molecule has 1 aromatic rings. The van der Waals surface area contributed by atoms with E-state index < -0.39 is 0 Å². The normalized spacial score (nSPS) is 21.8. The van der Waals surface area contributed by atoms with Crippen LogP contribution in [0.4, 0.5) is 5.82 Å². The molecule has 0 aliphatic carbocycles. The predicted octanol–water partition coefficient (Wildman–Crippen LogP) is 2.51. The molecule has 0 aromatic carbocycles. The number of piperidine rings is 1.